The van der Waals surface area contributed by atoms with E-state index in [1.807, 2.05) is 0 Å². The number of halogens is 2. The van der Waals surface area contributed by atoms with Gasteiger partial charge in [0, 0.05) is 22.2 Å². The van der Waals surface area contributed by atoms with E-state index in [1.54, 1.807) is 30.5 Å². The molecule has 0 aliphatic heterocycles. The maximum absolute atomic E-state index is 13.9. The van der Waals surface area contributed by atoms with Crippen LogP contribution in [0.5, 0.6) is 0 Å². The van der Waals surface area contributed by atoms with Gasteiger partial charge in [-0.05, 0) is 36.4 Å². The van der Waals surface area contributed by atoms with Crippen molar-refractivity contribution < 1.29 is 4.39 Å². The Bertz CT molecular complexity index is 829. The molecule has 1 N–H and O–H groups in total. The Morgan fingerprint density at radius 1 is 1.16 bits per heavy atom. The van der Waals surface area contributed by atoms with Crippen molar-refractivity contribution in [3.63, 3.8) is 0 Å². The summed E-state index contributed by atoms with van der Waals surface area (Å²) in [6.45, 7) is 0. The Hall–Kier alpha value is -2.20. The van der Waals surface area contributed by atoms with Crippen molar-refractivity contribution in [2.45, 2.75) is 0 Å². The zero-order chi connectivity index (χ0) is 13.4. The standard InChI is InChI=1S/C14H8ClFN2O/c15-9-3-4-10(12(16)7-9)11-6-8-2-1-5-17-13(8)18-14(11)19/h1-7H,(H,17,18,19). The molecule has 3 aromatic rings. The van der Waals surface area contributed by atoms with Gasteiger partial charge in [-0.1, -0.05) is 11.6 Å². The largest absolute Gasteiger partial charge is 0.306 e. The molecule has 0 spiro atoms. The smallest absolute Gasteiger partial charge is 0.257 e. The number of hydrogen-bond donors (Lipinski definition) is 1. The van der Waals surface area contributed by atoms with Gasteiger partial charge in [0.05, 0.1) is 5.56 Å². The minimum Gasteiger partial charge on any atom is -0.306 e. The van der Waals surface area contributed by atoms with E-state index in [4.69, 9.17) is 11.6 Å². The summed E-state index contributed by atoms with van der Waals surface area (Å²) in [4.78, 5) is 18.7. The summed E-state index contributed by atoms with van der Waals surface area (Å²) in [6, 6.07) is 9.40. The fraction of sp³-hybridized carbons (Fsp3) is 0. The van der Waals surface area contributed by atoms with Gasteiger partial charge in [-0.15, -0.1) is 0 Å². The fourth-order valence-electron chi connectivity index (χ4n) is 1.94. The second-order valence-corrected chi connectivity index (χ2v) is 4.51. The maximum atomic E-state index is 13.9. The normalized spacial score (nSPS) is 10.8. The molecular weight excluding hydrogens is 267 g/mol. The van der Waals surface area contributed by atoms with E-state index in [-0.39, 0.29) is 16.7 Å². The molecule has 0 bridgehead atoms. The number of aromatic amines is 1. The summed E-state index contributed by atoms with van der Waals surface area (Å²) in [5.41, 5.74) is 0.573. The molecule has 0 unspecified atom stereocenters. The molecule has 94 valence electrons. The Morgan fingerprint density at radius 3 is 2.79 bits per heavy atom. The lowest BCUT2D eigenvalue weighted by atomic mass is 10.1. The van der Waals surface area contributed by atoms with Crippen molar-refractivity contribution in [2.75, 3.05) is 0 Å². The number of H-pyrrole nitrogens is 1. The molecule has 3 nitrogen and oxygen atoms in total. The van der Waals surface area contributed by atoms with Crippen LogP contribution in [0.15, 0.2) is 47.4 Å². The van der Waals surface area contributed by atoms with Crippen LogP contribution in [0.3, 0.4) is 0 Å². The van der Waals surface area contributed by atoms with Crippen LogP contribution in [0.25, 0.3) is 22.2 Å². The minimum absolute atomic E-state index is 0.219. The van der Waals surface area contributed by atoms with Crippen molar-refractivity contribution in [3.8, 4) is 11.1 Å². The van der Waals surface area contributed by atoms with Crippen molar-refractivity contribution in [1.82, 2.24) is 9.97 Å². The lowest BCUT2D eigenvalue weighted by Gasteiger charge is -2.04. The SMILES string of the molecule is O=c1[nH]c2ncccc2cc1-c1ccc(Cl)cc1F. The minimum atomic E-state index is -0.527. The topological polar surface area (TPSA) is 45.8 Å². The first-order valence-electron chi connectivity index (χ1n) is 5.58. The molecule has 0 radical (unpaired) electrons. The fourth-order valence-corrected chi connectivity index (χ4v) is 2.10. The number of fused-ring (bicyclic) bond motifs is 1. The van der Waals surface area contributed by atoms with Crippen LogP contribution in [-0.4, -0.2) is 9.97 Å². The zero-order valence-electron chi connectivity index (χ0n) is 9.65. The Balaban J connectivity index is 2.30. The van der Waals surface area contributed by atoms with E-state index in [9.17, 15) is 9.18 Å². The summed E-state index contributed by atoms with van der Waals surface area (Å²) in [5, 5.41) is 1.03. The molecule has 1 aromatic carbocycles. The highest BCUT2D eigenvalue weighted by molar-refractivity contribution is 6.30. The lowest BCUT2D eigenvalue weighted by molar-refractivity contribution is 0.631. The van der Waals surface area contributed by atoms with Crippen LogP contribution < -0.4 is 5.56 Å². The highest BCUT2D eigenvalue weighted by atomic mass is 35.5. The molecule has 2 heterocycles. The second kappa shape index (κ2) is 4.48. The molecular formula is C14H8ClFN2O. The van der Waals surface area contributed by atoms with Crippen LogP contribution in [-0.2, 0) is 0 Å². The van der Waals surface area contributed by atoms with Crippen LogP contribution in [0.1, 0.15) is 0 Å². The molecule has 0 saturated carbocycles. The van der Waals surface area contributed by atoms with E-state index >= 15 is 0 Å². The third-order valence-electron chi connectivity index (χ3n) is 2.84. The van der Waals surface area contributed by atoms with E-state index in [1.165, 1.54) is 12.1 Å². The average molecular weight is 275 g/mol. The first-order valence-corrected chi connectivity index (χ1v) is 5.96. The number of rotatable bonds is 1. The number of aromatic nitrogens is 2. The number of benzene rings is 1. The first kappa shape index (κ1) is 11.9. The average Bonchev–Trinajstić information content (AvgIpc) is 2.38. The highest BCUT2D eigenvalue weighted by Crippen LogP contribution is 2.24. The van der Waals surface area contributed by atoms with E-state index < -0.39 is 5.82 Å². The monoisotopic (exact) mass is 274 g/mol. The molecule has 19 heavy (non-hydrogen) atoms. The third-order valence-corrected chi connectivity index (χ3v) is 3.07. The van der Waals surface area contributed by atoms with Crippen molar-refractivity contribution in [2.24, 2.45) is 0 Å². The van der Waals surface area contributed by atoms with Crippen molar-refractivity contribution in [3.05, 3.63) is 63.8 Å². The molecule has 0 aliphatic carbocycles. The quantitative estimate of drug-likeness (QED) is 0.739. The summed E-state index contributed by atoms with van der Waals surface area (Å²) in [5.74, 6) is -0.527. The first-order chi connectivity index (χ1) is 9.15. The van der Waals surface area contributed by atoms with Crippen LogP contribution >= 0.6 is 11.6 Å². The Labute approximate surface area is 112 Å². The van der Waals surface area contributed by atoms with Gasteiger partial charge in [0.2, 0.25) is 0 Å². The second-order valence-electron chi connectivity index (χ2n) is 4.08. The van der Waals surface area contributed by atoms with Crippen molar-refractivity contribution >= 4 is 22.6 Å². The van der Waals surface area contributed by atoms with Gasteiger partial charge in [0.1, 0.15) is 11.5 Å². The van der Waals surface area contributed by atoms with Gasteiger partial charge in [-0.2, -0.15) is 0 Å². The summed E-state index contributed by atoms with van der Waals surface area (Å²) in [6.07, 6.45) is 1.58. The van der Waals surface area contributed by atoms with E-state index in [2.05, 4.69) is 9.97 Å². The van der Waals surface area contributed by atoms with Crippen LogP contribution in [0, 0.1) is 5.82 Å². The summed E-state index contributed by atoms with van der Waals surface area (Å²) in [7, 11) is 0. The van der Waals surface area contributed by atoms with Gasteiger partial charge < -0.3 is 4.98 Å². The van der Waals surface area contributed by atoms with Crippen LogP contribution in [0.2, 0.25) is 5.02 Å². The Morgan fingerprint density at radius 2 is 2.00 bits per heavy atom. The van der Waals surface area contributed by atoms with Gasteiger partial charge in [-0.25, -0.2) is 9.37 Å². The van der Waals surface area contributed by atoms with Gasteiger partial charge >= 0.3 is 0 Å². The number of pyridine rings is 2. The summed E-state index contributed by atoms with van der Waals surface area (Å²) < 4.78 is 13.9. The Kier molecular flexibility index (Phi) is 2.80. The van der Waals surface area contributed by atoms with E-state index in [0.717, 1.165) is 5.39 Å². The van der Waals surface area contributed by atoms with Gasteiger partial charge in [0.25, 0.3) is 5.56 Å². The molecule has 0 fully saturated rings. The highest BCUT2D eigenvalue weighted by Gasteiger charge is 2.11. The molecule has 0 saturated heterocycles. The molecule has 2 aromatic heterocycles. The lowest BCUT2D eigenvalue weighted by Crippen LogP contribution is -2.10. The van der Waals surface area contributed by atoms with Crippen molar-refractivity contribution in [1.29, 1.82) is 0 Å². The molecule has 0 atom stereocenters. The summed E-state index contributed by atoms with van der Waals surface area (Å²) >= 11 is 5.70. The predicted molar refractivity (Wildman–Crippen MR) is 72.8 cm³/mol. The molecule has 0 aliphatic rings. The van der Waals surface area contributed by atoms with Gasteiger partial charge in [-0.3, -0.25) is 4.79 Å². The van der Waals surface area contributed by atoms with Crippen LogP contribution in [0.4, 0.5) is 4.39 Å². The van der Waals surface area contributed by atoms with E-state index in [0.29, 0.717) is 10.7 Å². The zero-order valence-corrected chi connectivity index (χ0v) is 10.4. The third kappa shape index (κ3) is 2.11. The molecule has 3 rings (SSSR count). The number of hydrogen-bond acceptors (Lipinski definition) is 2. The predicted octanol–water partition coefficient (Wildman–Crippen LogP) is 3.38. The number of nitrogens with one attached hydrogen (secondary N) is 1. The van der Waals surface area contributed by atoms with Gasteiger partial charge in [0.15, 0.2) is 0 Å². The molecule has 5 heteroatoms. The molecule has 0 amide bonds. The maximum Gasteiger partial charge on any atom is 0.257 e. The number of nitrogens with zero attached hydrogens (tertiary/aromatic N) is 1.